The molecule has 1 aromatic carbocycles. The van der Waals surface area contributed by atoms with Gasteiger partial charge < -0.3 is 19.6 Å². The molecule has 3 aliphatic rings. The molecule has 0 spiro atoms. The van der Waals surface area contributed by atoms with Gasteiger partial charge in [0.25, 0.3) is 0 Å². The Morgan fingerprint density at radius 3 is 2.06 bits per heavy atom. The highest BCUT2D eigenvalue weighted by Gasteiger charge is 2.40. The van der Waals surface area contributed by atoms with Gasteiger partial charge in [-0.25, -0.2) is 0 Å². The van der Waals surface area contributed by atoms with Crippen molar-refractivity contribution in [2.24, 2.45) is 5.92 Å². The molecule has 186 valence electrons. The Morgan fingerprint density at radius 2 is 1.45 bits per heavy atom. The van der Waals surface area contributed by atoms with E-state index >= 15 is 0 Å². The minimum Gasteiger partial charge on any atom is -0.406 e. The molecule has 2 aliphatic carbocycles. The molecule has 1 N–H and O–H groups in total. The Bertz CT molecular complexity index is 720. The number of alkyl halides is 3. The molecule has 4 nitrogen and oxygen atoms in total. The van der Waals surface area contributed by atoms with E-state index in [1.807, 2.05) is 0 Å². The van der Waals surface area contributed by atoms with E-state index in [2.05, 4.69) is 14.5 Å². The third-order valence-electron chi connectivity index (χ3n) is 8.03. The SMILES string of the molecule is OC1(C(CN2CCN(CC3CCCCC3)CC2)c2ccc(OC(F)(F)F)cc2)CCCCC1. The summed E-state index contributed by atoms with van der Waals surface area (Å²) in [6.07, 6.45) is 6.79. The second-order valence-electron chi connectivity index (χ2n) is 10.4. The first kappa shape index (κ1) is 24.8. The molecule has 1 unspecified atom stereocenters. The first-order valence-electron chi connectivity index (χ1n) is 12.8. The number of piperazine rings is 1. The van der Waals surface area contributed by atoms with Crippen molar-refractivity contribution < 1.29 is 23.0 Å². The maximum atomic E-state index is 12.6. The average molecular weight is 469 g/mol. The summed E-state index contributed by atoms with van der Waals surface area (Å²) >= 11 is 0. The third-order valence-corrected chi connectivity index (χ3v) is 8.03. The molecule has 1 heterocycles. The number of ether oxygens (including phenoxy) is 1. The van der Waals surface area contributed by atoms with Gasteiger partial charge in [0.2, 0.25) is 0 Å². The number of rotatable bonds is 7. The van der Waals surface area contributed by atoms with E-state index < -0.39 is 12.0 Å². The lowest BCUT2D eigenvalue weighted by Gasteiger charge is -2.44. The van der Waals surface area contributed by atoms with Crippen molar-refractivity contribution in [1.82, 2.24) is 9.80 Å². The fraction of sp³-hybridized carbons (Fsp3) is 0.769. The number of hydrogen-bond acceptors (Lipinski definition) is 4. The Labute approximate surface area is 196 Å². The van der Waals surface area contributed by atoms with Crippen LogP contribution in [-0.2, 0) is 0 Å². The van der Waals surface area contributed by atoms with Crippen molar-refractivity contribution in [1.29, 1.82) is 0 Å². The maximum Gasteiger partial charge on any atom is 0.573 e. The molecule has 7 heteroatoms. The molecule has 4 rings (SSSR count). The first-order valence-corrected chi connectivity index (χ1v) is 12.8. The van der Waals surface area contributed by atoms with Gasteiger partial charge >= 0.3 is 6.36 Å². The molecular weight excluding hydrogens is 429 g/mol. The highest BCUT2D eigenvalue weighted by Crippen LogP contribution is 2.41. The lowest BCUT2D eigenvalue weighted by molar-refractivity contribution is -0.274. The van der Waals surface area contributed by atoms with Crippen molar-refractivity contribution in [3.63, 3.8) is 0 Å². The van der Waals surface area contributed by atoms with Crippen molar-refractivity contribution in [2.45, 2.75) is 82.1 Å². The second-order valence-corrected chi connectivity index (χ2v) is 10.4. The van der Waals surface area contributed by atoms with E-state index in [9.17, 15) is 18.3 Å². The lowest BCUT2D eigenvalue weighted by atomic mass is 9.72. The normalized spacial score (nSPS) is 24.5. The molecule has 1 aliphatic heterocycles. The van der Waals surface area contributed by atoms with E-state index in [-0.39, 0.29) is 11.7 Å². The predicted octanol–water partition coefficient (Wildman–Crippen LogP) is 5.56. The summed E-state index contributed by atoms with van der Waals surface area (Å²) in [5.74, 6) is 0.526. The molecule has 2 saturated carbocycles. The van der Waals surface area contributed by atoms with Crippen LogP contribution in [0, 0.1) is 5.92 Å². The molecule has 0 amide bonds. The largest absolute Gasteiger partial charge is 0.573 e. The maximum absolute atomic E-state index is 12.6. The highest BCUT2D eigenvalue weighted by molar-refractivity contribution is 5.32. The van der Waals surface area contributed by atoms with Gasteiger partial charge in [0.15, 0.2) is 0 Å². The predicted molar refractivity (Wildman–Crippen MR) is 123 cm³/mol. The Morgan fingerprint density at radius 1 is 0.879 bits per heavy atom. The van der Waals surface area contributed by atoms with Crippen LogP contribution in [0.1, 0.15) is 75.7 Å². The molecule has 33 heavy (non-hydrogen) atoms. The molecule has 1 atom stereocenters. The van der Waals surface area contributed by atoms with Crippen LogP contribution < -0.4 is 4.74 Å². The summed E-state index contributed by atoms with van der Waals surface area (Å²) in [6, 6.07) is 6.17. The van der Waals surface area contributed by atoms with E-state index in [1.165, 1.54) is 50.8 Å². The molecule has 3 fully saturated rings. The van der Waals surface area contributed by atoms with E-state index in [0.717, 1.165) is 76.3 Å². The van der Waals surface area contributed by atoms with Crippen LogP contribution in [0.25, 0.3) is 0 Å². The molecule has 0 bridgehead atoms. The van der Waals surface area contributed by atoms with Crippen LogP contribution in [-0.4, -0.2) is 66.1 Å². The van der Waals surface area contributed by atoms with Gasteiger partial charge in [-0.05, 0) is 49.3 Å². The van der Waals surface area contributed by atoms with Crippen molar-refractivity contribution in [3.05, 3.63) is 29.8 Å². The van der Waals surface area contributed by atoms with Crippen LogP contribution in [0.2, 0.25) is 0 Å². The van der Waals surface area contributed by atoms with Crippen LogP contribution in [0.4, 0.5) is 13.2 Å². The highest BCUT2D eigenvalue weighted by atomic mass is 19.4. The smallest absolute Gasteiger partial charge is 0.406 e. The quantitative estimate of drug-likeness (QED) is 0.568. The summed E-state index contributed by atoms with van der Waals surface area (Å²) in [5.41, 5.74) is 0.0997. The molecular formula is C26H39F3N2O2. The summed E-state index contributed by atoms with van der Waals surface area (Å²) in [4.78, 5) is 5.04. The molecule has 0 radical (unpaired) electrons. The zero-order chi connectivity index (χ0) is 23.3. The number of hydrogen-bond donors (Lipinski definition) is 1. The van der Waals surface area contributed by atoms with Gasteiger partial charge in [-0.15, -0.1) is 13.2 Å². The Hall–Kier alpha value is -1.31. The fourth-order valence-electron chi connectivity index (χ4n) is 6.15. The van der Waals surface area contributed by atoms with Crippen molar-refractivity contribution in [3.8, 4) is 5.75 Å². The summed E-state index contributed by atoms with van der Waals surface area (Å²) in [7, 11) is 0. The fourth-order valence-corrected chi connectivity index (χ4v) is 6.15. The zero-order valence-corrected chi connectivity index (χ0v) is 19.7. The monoisotopic (exact) mass is 468 g/mol. The van der Waals surface area contributed by atoms with Gasteiger partial charge in [0.1, 0.15) is 5.75 Å². The lowest BCUT2D eigenvalue weighted by Crippen LogP contribution is -2.51. The van der Waals surface area contributed by atoms with Gasteiger partial charge in [-0.2, -0.15) is 0 Å². The standard InChI is InChI=1S/C26H39F3N2O2/c27-26(28,29)33-23-11-9-22(10-12-23)24(25(32)13-5-2-6-14-25)20-31-17-15-30(16-18-31)19-21-7-3-1-4-8-21/h9-12,21,24,32H,1-8,13-20H2. The van der Waals surface area contributed by atoms with Crippen LogP contribution in [0.15, 0.2) is 24.3 Å². The second kappa shape index (κ2) is 11.0. The third kappa shape index (κ3) is 7.09. The van der Waals surface area contributed by atoms with Gasteiger partial charge in [-0.3, -0.25) is 0 Å². The summed E-state index contributed by atoms with van der Waals surface area (Å²) in [5, 5.41) is 11.6. The van der Waals surface area contributed by atoms with Crippen LogP contribution in [0.3, 0.4) is 0 Å². The molecule has 0 aromatic heterocycles. The first-order chi connectivity index (χ1) is 15.8. The summed E-state index contributed by atoms with van der Waals surface area (Å²) < 4.78 is 41.8. The Balaban J connectivity index is 1.39. The number of benzene rings is 1. The van der Waals surface area contributed by atoms with E-state index in [0.29, 0.717) is 0 Å². The summed E-state index contributed by atoms with van der Waals surface area (Å²) in [6.45, 7) is 6.03. The van der Waals surface area contributed by atoms with Crippen molar-refractivity contribution in [2.75, 3.05) is 39.3 Å². The number of halogens is 3. The van der Waals surface area contributed by atoms with E-state index in [1.54, 1.807) is 12.1 Å². The van der Waals surface area contributed by atoms with Gasteiger partial charge in [0, 0.05) is 45.2 Å². The zero-order valence-electron chi connectivity index (χ0n) is 19.7. The van der Waals surface area contributed by atoms with E-state index in [4.69, 9.17) is 0 Å². The van der Waals surface area contributed by atoms with Crippen LogP contribution in [0.5, 0.6) is 5.75 Å². The number of nitrogens with zero attached hydrogens (tertiary/aromatic N) is 2. The van der Waals surface area contributed by atoms with Gasteiger partial charge in [0.05, 0.1) is 5.60 Å². The number of aliphatic hydroxyl groups is 1. The molecule has 1 aromatic rings. The Kier molecular flexibility index (Phi) is 8.24. The van der Waals surface area contributed by atoms with Crippen molar-refractivity contribution >= 4 is 0 Å². The minimum atomic E-state index is -4.69. The average Bonchev–Trinajstić information content (AvgIpc) is 2.79. The minimum absolute atomic E-state index is 0.109. The molecule has 1 saturated heterocycles. The topological polar surface area (TPSA) is 35.9 Å². The van der Waals surface area contributed by atoms with Gasteiger partial charge in [-0.1, -0.05) is 50.7 Å². The van der Waals surface area contributed by atoms with Crippen LogP contribution >= 0.6 is 0 Å².